The van der Waals surface area contributed by atoms with Gasteiger partial charge in [-0.2, -0.15) is 0 Å². The van der Waals surface area contributed by atoms with Crippen LogP contribution >= 0.6 is 0 Å². The number of hydrogen-bond acceptors (Lipinski definition) is 5. The van der Waals surface area contributed by atoms with E-state index in [-0.39, 0.29) is 23.1 Å². The van der Waals surface area contributed by atoms with Crippen LogP contribution < -0.4 is 4.74 Å². The zero-order valence-corrected chi connectivity index (χ0v) is 16.9. The smallest absolute Gasteiger partial charge is 0.211 e. The monoisotopic (exact) mass is 367 g/mol. The maximum atomic E-state index is 11.7. The first-order valence-electron chi connectivity index (χ1n) is 8.37. The van der Waals surface area contributed by atoms with Crippen LogP contribution in [0.1, 0.15) is 32.3 Å². The molecule has 2 unspecified atom stereocenters. The van der Waals surface area contributed by atoms with Gasteiger partial charge < -0.3 is 14.0 Å². The van der Waals surface area contributed by atoms with Gasteiger partial charge in [0.15, 0.2) is 8.32 Å². The molecule has 1 rings (SSSR count). The number of carbonyl (C=O) groups excluding carboxylic acids is 1. The molecule has 0 amide bonds. The minimum Gasteiger partial charge on any atom is -0.497 e. The van der Waals surface area contributed by atoms with Gasteiger partial charge in [0.1, 0.15) is 12.0 Å². The molecule has 0 bridgehead atoms. The average Bonchev–Trinajstić information content (AvgIpc) is 2.53. The molecule has 2 atom stereocenters. The molecule has 0 aliphatic carbocycles. The van der Waals surface area contributed by atoms with Gasteiger partial charge in [0, 0.05) is 17.4 Å². The predicted molar refractivity (Wildman–Crippen MR) is 100 cm³/mol. The second-order valence-electron chi connectivity index (χ2n) is 7.77. The number of ether oxygens (including phenoxy) is 1. The van der Waals surface area contributed by atoms with E-state index in [4.69, 9.17) is 9.16 Å². The summed E-state index contributed by atoms with van der Waals surface area (Å²) in [6.45, 7) is 10.4. The minimum absolute atomic E-state index is 0.0130. The second-order valence-corrected chi connectivity index (χ2v) is 12.6. The van der Waals surface area contributed by atoms with Crippen molar-refractivity contribution in [2.45, 2.75) is 44.8 Å². The molecule has 1 aromatic rings. The summed E-state index contributed by atoms with van der Waals surface area (Å²) in [5.74, 6) is -0.417. The summed E-state index contributed by atoms with van der Waals surface area (Å²) in [6.07, 6.45) is 0.783. The maximum absolute atomic E-state index is 11.7. The molecule has 0 aliphatic rings. The normalized spacial score (nSPS) is 14.6. The van der Waals surface area contributed by atoms with Crippen LogP contribution in [0.2, 0.25) is 18.1 Å². The molecule has 6 nitrogen and oxygen atoms in total. The summed E-state index contributed by atoms with van der Waals surface area (Å²) in [4.78, 5) is 22.4. The van der Waals surface area contributed by atoms with E-state index in [9.17, 15) is 14.9 Å². The van der Waals surface area contributed by atoms with Crippen LogP contribution in [0, 0.1) is 16.0 Å². The Labute approximate surface area is 150 Å². The van der Waals surface area contributed by atoms with Crippen LogP contribution in [-0.2, 0) is 9.22 Å². The number of benzene rings is 1. The van der Waals surface area contributed by atoms with Gasteiger partial charge in [-0.05, 0) is 35.8 Å². The van der Waals surface area contributed by atoms with Crippen LogP contribution in [0.3, 0.4) is 0 Å². The lowest BCUT2D eigenvalue weighted by Gasteiger charge is -2.37. The molecule has 140 valence electrons. The van der Waals surface area contributed by atoms with Crippen LogP contribution in [-0.4, -0.2) is 39.8 Å². The topological polar surface area (TPSA) is 78.7 Å². The van der Waals surface area contributed by atoms with E-state index < -0.39 is 20.2 Å². The Bertz CT molecular complexity index is 580. The number of carbonyl (C=O) groups is 1. The van der Waals surface area contributed by atoms with Crippen molar-refractivity contribution in [1.29, 1.82) is 0 Å². The Kier molecular flexibility index (Phi) is 7.31. The van der Waals surface area contributed by atoms with Gasteiger partial charge in [-0.25, -0.2) is 0 Å². The van der Waals surface area contributed by atoms with Crippen LogP contribution in [0.4, 0.5) is 0 Å². The molecular weight excluding hydrogens is 338 g/mol. The Balaban J connectivity index is 3.01. The van der Waals surface area contributed by atoms with Crippen molar-refractivity contribution in [2.75, 3.05) is 20.3 Å². The number of nitrogens with zero attached hydrogens (tertiary/aromatic N) is 1. The largest absolute Gasteiger partial charge is 0.497 e. The summed E-state index contributed by atoms with van der Waals surface area (Å²) in [5.41, 5.74) is 0.744. The highest BCUT2D eigenvalue weighted by molar-refractivity contribution is 6.74. The van der Waals surface area contributed by atoms with Crippen molar-refractivity contribution in [2.24, 2.45) is 5.92 Å². The number of aldehydes is 1. The fourth-order valence-electron chi connectivity index (χ4n) is 2.27. The molecule has 0 radical (unpaired) electrons. The molecule has 7 heteroatoms. The fraction of sp³-hybridized carbons (Fsp3) is 0.611. The Hall–Kier alpha value is -1.73. The Morgan fingerprint density at radius 3 is 2.20 bits per heavy atom. The highest BCUT2D eigenvalue weighted by Crippen LogP contribution is 2.37. The summed E-state index contributed by atoms with van der Waals surface area (Å²) in [7, 11) is -0.474. The third-order valence-corrected chi connectivity index (χ3v) is 9.52. The Morgan fingerprint density at radius 2 is 1.80 bits per heavy atom. The van der Waals surface area contributed by atoms with E-state index in [1.807, 2.05) is 0 Å². The van der Waals surface area contributed by atoms with E-state index >= 15 is 0 Å². The highest BCUT2D eigenvalue weighted by Gasteiger charge is 2.39. The van der Waals surface area contributed by atoms with E-state index in [0.717, 1.165) is 11.8 Å². The summed E-state index contributed by atoms with van der Waals surface area (Å²) < 4.78 is 11.3. The molecule has 0 saturated carbocycles. The number of methoxy groups -OCH3 is 1. The highest BCUT2D eigenvalue weighted by atomic mass is 28.4. The van der Waals surface area contributed by atoms with Crippen LogP contribution in [0.5, 0.6) is 5.75 Å². The quantitative estimate of drug-likeness (QED) is 0.286. The molecule has 0 N–H and O–H groups in total. The van der Waals surface area contributed by atoms with Crippen molar-refractivity contribution < 1.29 is 18.9 Å². The SMILES string of the molecule is COc1ccc(C(C[N+](=O)[O-])C(C=O)CO[Si](C)(C)C(C)(C)C)cc1. The minimum atomic E-state index is -2.03. The molecule has 0 aromatic heterocycles. The zero-order valence-electron chi connectivity index (χ0n) is 15.9. The standard InChI is InChI=1S/C18H29NO5Si/c1-18(2,3)25(5,6)24-13-15(12-20)17(11-19(21)22)14-7-9-16(23-4)10-8-14/h7-10,12,15,17H,11,13H2,1-6H3. The first-order valence-corrected chi connectivity index (χ1v) is 11.3. The lowest BCUT2D eigenvalue weighted by Crippen LogP contribution is -2.43. The van der Waals surface area contributed by atoms with Crippen molar-refractivity contribution >= 4 is 14.6 Å². The van der Waals surface area contributed by atoms with Gasteiger partial charge in [0.05, 0.1) is 13.0 Å². The lowest BCUT2D eigenvalue weighted by molar-refractivity contribution is -0.484. The van der Waals surface area contributed by atoms with Gasteiger partial charge in [-0.15, -0.1) is 0 Å². The molecule has 0 aliphatic heterocycles. The molecule has 0 heterocycles. The summed E-state index contributed by atoms with van der Waals surface area (Å²) in [5, 5.41) is 11.1. The van der Waals surface area contributed by atoms with Crippen molar-refractivity contribution in [3.05, 3.63) is 39.9 Å². The fourth-order valence-corrected chi connectivity index (χ4v) is 3.31. The van der Waals surface area contributed by atoms with Crippen LogP contribution in [0.25, 0.3) is 0 Å². The van der Waals surface area contributed by atoms with E-state index in [1.54, 1.807) is 31.4 Å². The van der Waals surface area contributed by atoms with Gasteiger partial charge in [-0.1, -0.05) is 32.9 Å². The van der Waals surface area contributed by atoms with Crippen molar-refractivity contribution in [3.63, 3.8) is 0 Å². The van der Waals surface area contributed by atoms with Gasteiger partial charge in [-0.3, -0.25) is 10.1 Å². The van der Waals surface area contributed by atoms with E-state index in [1.165, 1.54) is 0 Å². The first kappa shape index (κ1) is 21.3. The molecule has 0 saturated heterocycles. The first-order chi connectivity index (χ1) is 11.5. The molecule has 0 fully saturated rings. The maximum Gasteiger partial charge on any atom is 0.211 e. The zero-order chi connectivity index (χ0) is 19.3. The van der Waals surface area contributed by atoms with E-state index in [2.05, 4.69) is 33.9 Å². The number of nitro groups is 1. The lowest BCUT2D eigenvalue weighted by atomic mass is 9.87. The third-order valence-electron chi connectivity index (χ3n) is 5.02. The van der Waals surface area contributed by atoms with Crippen LogP contribution in [0.15, 0.2) is 24.3 Å². The predicted octanol–water partition coefficient (Wildman–Crippen LogP) is 3.89. The van der Waals surface area contributed by atoms with Gasteiger partial charge in [0.2, 0.25) is 6.54 Å². The van der Waals surface area contributed by atoms with Crippen molar-refractivity contribution in [1.82, 2.24) is 0 Å². The van der Waals surface area contributed by atoms with Gasteiger partial charge in [0.25, 0.3) is 0 Å². The molecule has 1 aromatic carbocycles. The summed E-state index contributed by atoms with van der Waals surface area (Å²) >= 11 is 0. The number of hydrogen-bond donors (Lipinski definition) is 0. The third kappa shape index (κ3) is 5.93. The molecule has 0 spiro atoms. The second kappa shape index (κ2) is 8.58. The molecule has 25 heavy (non-hydrogen) atoms. The number of rotatable bonds is 9. The van der Waals surface area contributed by atoms with Crippen molar-refractivity contribution in [3.8, 4) is 5.75 Å². The average molecular weight is 368 g/mol. The van der Waals surface area contributed by atoms with E-state index in [0.29, 0.717) is 5.75 Å². The van der Waals surface area contributed by atoms with Gasteiger partial charge >= 0.3 is 0 Å². The Morgan fingerprint density at radius 1 is 1.24 bits per heavy atom. The summed E-state index contributed by atoms with van der Waals surface area (Å²) in [6, 6.07) is 7.04. The molecular formula is C18H29NO5Si.